The highest BCUT2D eigenvalue weighted by molar-refractivity contribution is 5.95. The van der Waals surface area contributed by atoms with Crippen LogP contribution in [0.3, 0.4) is 0 Å². The van der Waals surface area contributed by atoms with E-state index in [2.05, 4.69) is 42.3 Å². The fourth-order valence-corrected chi connectivity index (χ4v) is 4.22. The maximum absolute atomic E-state index is 13.3. The third-order valence-corrected chi connectivity index (χ3v) is 5.80. The average molecular weight is 346 g/mol. The molecule has 2 heterocycles. The Hall–Kier alpha value is -2.39. The summed E-state index contributed by atoms with van der Waals surface area (Å²) in [6.07, 6.45) is 6.61. The summed E-state index contributed by atoms with van der Waals surface area (Å²) in [7, 11) is 2.21. The smallest absolute Gasteiger partial charge is 0.258 e. The fourth-order valence-electron chi connectivity index (χ4n) is 4.22. The maximum Gasteiger partial charge on any atom is 0.258 e. The van der Waals surface area contributed by atoms with Crippen LogP contribution in [-0.4, -0.2) is 41.4 Å². The minimum Gasteiger partial charge on any atom is -0.312 e. The van der Waals surface area contributed by atoms with Crippen molar-refractivity contribution in [2.24, 2.45) is 0 Å². The van der Waals surface area contributed by atoms with E-state index in [1.165, 1.54) is 24.1 Å². The van der Waals surface area contributed by atoms with Crippen molar-refractivity contribution in [1.82, 2.24) is 9.80 Å². The van der Waals surface area contributed by atoms with Gasteiger partial charge in [-0.05, 0) is 50.1 Å². The van der Waals surface area contributed by atoms with Crippen LogP contribution in [0.4, 0.5) is 0 Å². The van der Waals surface area contributed by atoms with E-state index in [4.69, 9.17) is 0 Å². The van der Waals surface area contributed by atoms with E-state index < -0.39 is 0 Å². The molecule has 2 aromatic carbocycles. The summed E-state index contributed by atoms with van der Waals surface area (Å²) in [4.78, 5) is 17.7. The summed E-state index contributed by atoms with van der Waals surface area (Å²) >= 11 is 0. The average Bonchev–Trinajstić information content (AvgIpc) is 2.90. The van der Waals surface area contributed by atoms with E-state index in [1.807, 2.05) is 41.3 Å². The van der Waals surface area contributed by atoms with Crippen LogP contribution in [-0.2, 0) is 6.42 Å². The topological polar surface area (TPSA) is 23.6 Å². The lowest BCUT2D eigenvalue weighted by Gasteiger charge is -2.35. The van der Waals surface area contributed by atoms with Crippen LogP contribution in [0.1, 0.15) is 35.2 Å². The van der Waals surface area contributed by atoms with E-state index in [9.17, 15) is 4.79 Å². The van der Waals surface area contributed by atoms with Crippen LogP contribution in [0.2, 0.25) is 0 Å². The van der Waals surface area contributed by atoms with Crippen LogP contribution < -0.4 is 0 Å². The molecular weight excluding hydrogens is 320 g/mol. The van der Waals surface area contributed by atoms with Crippen molar-refractivity contribution in [3.05, 3.63) is 83.6 Å². The van der Waals surface area contributed by atoms with Crippen LogP contribution in [0.25, 0.3) is 0 Å². The van der Waals surface area contributed by atoms with E-state index in [0.29, 0.717) is 12.1 Å². The highest BCUT2D eigenvalue weighted by Gasteiger charge is 2.36. The van der Waals surface area contributed by atoms with Gasteiger partial charge in [-0.1, -0.05) is 48.5 Å². The molecule has 2 aliphatic heterocycles. The lowest BCUT2D eigenvalue weighted by Crippen LogP contribution is -2.41. The predicted molar refractivity (Wildman–Crippen MR) is 105 cm³/mol. The first kappa shape index (κ1) is 17.0. The summed E-state index contributed by atoms with van der Waals surface area (Å²) in [5.41, 5.74) is 3.25. The van der Waals surface area contributed by atoms with Gasteiger partial charge >= 0.3 is 0 Å². The van der Waals surface area contributed by atoms with Crippen molar-refractivity contribution < 1.29 is 4.79 Å². The maximum atomic E-state index is 13.3. The molecule has 2 bridgehead atoms. The molecule has 3 nitrogen and oxygen atoms in total. The molecule has 2 aromatic rings. The Bertz CT molecular complexity index is 784. The monoisotopic (exact) mass is 346 g/mol. The Morgan fingerprint density at radius 1 is 1.04 bits per heavy atom. The Kier molecular flexibility index (Phi) is 4.89. The van der Waals surface area contributed by atoms with Crippen LogP contribution in [0.15, 0.2) is 72.4 Å². The molecule has 2 aliphatic rings. The second kappa shape index (κ2) is 7.46. The molecule has 3 heteroatoms. The molecular formula is C23H26N2O. The Labute approximate surface area is 155 Å². The highest BCUT2D eigenvalue weighted by atomic mass is 16.2. The first-order valence-corrected chi connectivity index (χ1v) is 9.56. The number of hydrogen-bond donors (Lipinski definition) is 0. The van der Waals surface area contributed by atoms with Crippen molar-refractivity contribution in [3.63, 3.8) is 0 Å². The fraction of sp³-hybridized carbons (Fsp3) is 0.348. The minimum absolute atomic E-state index is 0.122. The molecule has 1 fully saturated rings. The zero-order valence-corrected chi connectivity index (χ0v) is 15.3. The third kappa shape index (κ3) is 3.45. The van der Waals surface area contributed by atoms with Crippen LogP contribution in [0, 0.1) is 0 Å². The molecule has 26 heavy (non-hydrogen) atoms. The summed E-state index contributed by atoms with van der Waals surface area (Å²) in [6, 6.07) is 21.2. The largest absolute Gasteiger partial charge is 0.312 e. The molecule has 0 aliphatic carbocycles. The number of amides is 1. The molecule has 1 amide bonds. The van der Waals surface area contributed by atoms with Crippen LogP contribution >= 0.6 is 0 Å². The van der Waals surface area contributed by atoms with E-state index in [1.54, 1.807) is 0 Å². The normalized spacial score (nSPS) is 22.1. The Balaban J connectivity index is 1.59. The summed E-state index contributed by atoms with van der Waals surface area (Å²) in [5, 5.41) is 0. The molecule has 0 unspecified atom stereocenters. The zero-order valence-electron chi connectivity index (χ0n) is 15.3. The van der Waals surface area contributed by atoms with Crippen molar-refractivity contribution in [2.45, 2.75) is 37.8 Å². The molecule has 0 aromatic heterocycles. The first-order chi connectivity index (χ1) is 12.7. The minimum atomic E-state index is 0.122. The number of fused-ring (bicyclic) bond motifs is 2. The van der Waals surface area contributed by atoms with E-state index in [-0.39, 0.29) is 5.91 Å². The molecule has 0 radical (unpaired) electrons. The second-order valence-electron chi connectivity index (χ2n) is 7.38. The molecule has 4 rings (SSSR count). The molecule has 0 N–H and O–H groups in total. The van der Waals surface area contributed by atoms with E-state index in [0.717, 1.165) is 24.9 Å². The number of hydrogen-bond acceptors (Lipinski definition) is 2. The number of rotatable bonds is 5. The van der Waals surface area contributed by atoms with Gasteiger partial charge in [-0.15, -0.1) is 0 Å². The molecule has 1 saturated heterocycles. The lowest BCUT2D eigenvalue weighted by atomic mass is 10.0. The van der Waals surface area contributed by atoms with Gasteiger partial charge in [0.25, 0.3) is 5.91 Å². The van der Waals surface area contributed by atoms with Gasteiger partial charge in [-0.2, -0.15) is 0 Å². The molecule has 134 valence electrons. The predicted octanol–water partition coefficient (Wildman–Crippen LogP) is 4.12. The highest BCUT2D eigenvalue weighted by Crippen LogP contribution is 2.35. The quantitative estimate of drug-likeness (QED) is 0.813. The number of carbonyl (C=O) groups excluding carboxylic acids is 1. The SMILES string of the molecule is CN1[C@H]2CC[C@H]1C=C(N(CCc1ccccc1)C(=O)c1ccccc1)C2. The van der Waals surface area contributed by atoms with Crippen molar-refractivity contribution in [2.75, 3.05) is 13.6 Å². The Morgan fingerprint density at radius 2 is 1.73 bits per heavy atom. The number of nitrogens with zero attached hydrogens (tertiary/aromatic N) is 2. The summed E-state index contributed by atoms with van der Waals surface area (Å²) < 4.78 is 0. The third-order valence-electron chi connectivity index (χ3n) is 5.80. The van der Waals surface area contributed by atoms with E-state index >= 15 is 0 Å². The van der Waals surface area contributed by atoms with Gasteiger partial charge in [0.2, 0.25) is 0 Å². The standard InChI is InChI=1S/C23H26N2O/c1-24-20-12-13-21(24)17-22(16-20)25(15-14-18-8-4-2-5-9-18)23(26)19-10-6-3-7-11-19/h2-11,16,20-21H,12-15,17H2,1H3/t20-,21-/m0/s1. The van der Waals surface area contributed by atoms with Crippen molar-refractivity contribution in [1.29, 1.82) is 0 Å². The number of likely N-dealkylation sites (N-methyl/N-ethyl adjacent to an activating group) is 1. The van der Waals surface area contributed by atoms with Gasteiger partial charge in [0.15, 0.2) is 0 Å². The first-order valence-electron chi connectivity index (χ1n) is 9.56. The summed E-state index contributed by atoms with van der Waals surface area (Å²) in [5.74, 6) is 0.122. The van der Waals surface area contributed by atoms with Gasteiger partial charge < -0.3 is 4.90 Å². The Morgan fingerprint density at radius 3 is 2.42 bits per heavy atom. The van der Waals surface area contributed by atoms with Gasteiger partial charge in [0.05, 0.1) is 0 Å². The van der Waals surface area contributed by atoms with Gasteiger partial charge in [-0.3, -0.25) is 9.69 Å². The molecule has 0 saturated carbocycles. The van der Waals surface area contributed by atoms with Crippen molar-refractivity contribution >= 4 is 5.91 Å². The molecule has 2 atom stereocenters. The van der Waals surface area contributed by atoms with Gasteiger partial charge in [0, 0.05) is 36.3 Å². The summed E-state index contributed by atoms with van der Waals surface area (Å²) in [6.45, 7) is 0.729. The van der Waals surface area contributed by atoms with Crippen LogP contribution in [0.5, 0.6) is 0 Å². The lowest BCUT2D eigenvalue weighted by molar-refractivity contribution is 0.0787. The second-order valence-corrected chi connectivity index (χ2v) is 7.38. The van der Waals surface area contributed by atoms with Crippen molar-refractivity contribution in [3.8, 4) is 0 Å². The number of benzene rings is 2. The number of carbonyl (C=O) groups is 1. The zero-order chi connectivity index (χ0) is 17.9. The van der Waals surface area contributed by atoms with Gasteiger partial charge in [-0.25, -0.2) is 0 Å². The van der Waals surface area contributed by atoms with Gasteiger partial charge in [0.1, 0.15) is 0 Å². The molecule has 0 spiro atoms.